The number of carbonyl (C=O) groups is 1. The van der Waals surface area contributed by atoms with Gasteiger partial charge in [-0.25, -0.2) is 4.79 Å². The first-order valence-electron chi connectivity index (χ1n) is 7.17. The highest BCUT2D eigenvalue weighted by atomic mass is 32.1. The Hall–Kier alpha value is -3.19. The number of amides is 2. The molecule has 0 atom stereocenters. The van der Waals surface area contributed by atoms with Gasteiger partial charge in [-0.2, -0.15) is 9.98 Å². The molecule has 6 nitrogen and oxygen atoms in total. The molecular formula is C17H10N4O2S. The van der Waals surface area contributed by atoms with Crippen LogP contribution in [-0.4, -0.2) is 15.2 Å². The fourth-order valence-electron chi connectivity index (χ4n) is 2.61. The van der Waals surface area contributed by atoms with Gasteiger partial charge in [0.05, 0.1) is 5.69 Å². The minimum absolute atomic E-state index is 0.00121. The summed E-state index contributed by atoms with van der Waals surface area (Å²) in [5, 5.41) is 0.00121. The average Bonchev–Trinajstić information content (AvgIpc) is 2.98. The number of nitrogens with zero attached hydrogens (tertiary/aromatic N) is 4. The first-order chi connectivity index (χ1) is 11.7. The molecule has 2 heterocycles. The highest BCUT2D eigenvalue weighted by Crippen LogP contribution is 2.08. The van der Waals surface area contributed by atoms with Gasteiger partial charge in [0, 0.05) is 5.69 Å². The van der Waals surface area contributed by atoms with Gasteiger partial charge in [-0.05, 0) is 36.5 Å². The van der Waals surface area contributed by atoms with Crippen molar-refractivity contribution in [3.05, 3.63) is 86.6 Å². The van der Waals surface area contributed by atoms with Crippen molar-refractivity contribution in [3.63, 3.8) is 0 Å². The monoisotopic (exact) mass is 334 g/mol. The van der Waals surface area contributed by atoms with Crippen molar-refractivity contribution in [2.45, 2.75) is 0 Å². The molecule has 24 heavy (non-hydrogen) atoms. The maximum atomic E-state index is 12.8. The van der Waals surface area contributed by atoms with Crippen LogP contribution in [-0.2, 0) is 0 Å². The summed E-state index contributed by atoms with van der Waals surface area (Å²) >= 11 is 5.54. The predicted octanol–water partition coefficient (Wildman–Crippen LogP) is 1.73. The fourth-order valence-corrected chi connectivity index (χ4v) is 2.99. The number of aromatic nitrogens is 2. The molecule has 0 saturated heterocycles. The SMILES string of the molecule is O=C1N=c2c(=O)n(-c3ccccc3)c(=S)n(-c3ccccc3)c2=N1. The van der Waals surface area contributed by atoms with Crippen molar-refractivity contribution in [1.29, 1.82) is 0 Å². The van der Waals surface area contributed by atoms with Gasteiger partial charge < -0.3 is 0 Å². The van der Waals surface area contributed by atoms with Crippen LogP contribution in [0.3, 0.4) is 0 Å². The van der Waals surface area contributed by atoms with Gasteiger partial charge in [0.1, 0.15) is 0 Å². The minimum atomic E-state index is -0.702. The normalized spacial score (nSPS) is 12.4. The molecule has 0 N–H and O–H groups in total. The summed E-state index contributed by atoms with van der Waals surface area (Å²) in [5.74, 6) is 0. The van der Waals surface area contributed by atoms with Gasteiger partial charge in [0.15, 0.2) is 15.6 Å². The van der Waals surface area contributed by atoms with Crippen molar-refractivity contribution in [1.82, 2.24) is 9.13 Å². The Bertz CT molecular complexity index is 1200. The van der Waals surface area contributed by atoms with Crippen LogP contribution >= 0.6 is 12.2 Å². The van der Waals surface area contributed by atoms with Crippen LogP contribution in [0.2, 0.25) is 0 Å². The summed E-state index contributed by atoms with van der Waals surface area (Å²) in [7, 11) is 0. The molecule has 2 aromatic carbocycles. The summed E-state index contributed by atoms with van der Waals surface area (Å²) in [6.07, 6.45) is 0. The van der Waals surface area contributed by atoms with Crippen LogP contribution in [0, 0.1) is 4.77 Å². The lowest BCUT2D eigenvalue weighted by Gasteiger charge is -2.12. The molecule has 0 fully saturated rings. The molecule has 1 aliphatic rings. The minimum Gasteiger partial charge on any atom is -0.269 e. The van der Waals surface area contributed by atoms with E-state index in [9.17, 15) is 9.59 Å². The first kappa shape index (κ1) is 14.4. The molecule has 4 rings (SSSR count). The van der Waals surface area contributed by atoms with Gasteiger partial charge >= 0.3 is 6.03 Å². The quantitative estimate of drug-likeness (QED) is 0.670. The molecule has 0 saturated carbocycles. The number of benzene rings is 2. The van der Waals surface area contributed by atoms with Crippen molar-refractivity contribution < 1.29 is 4.79 Å². The number of hydrogen-bond acceptors (Lipinski definition) is 3. The highest BCUT2D eigenvalue weighted by Gasteiger charge is 2.18. The molecule has 2 amide bonds. The van der Waals surface area contributed by atoms with E-state index in [4.69, 9.17) is 12.2 Å². The van der Waals surface area contributed by atoms with Crippen LogP contribution in [0.25, 0.3) is 11.4 Å². The Morgan fingerprint density at radius 3 is 1.88 bits per heavy atom. The maximum absolute atomic E-state index is 12.8. The molecule has 0 unspecified atom stereocenters. The lowest BCUT2D eigenvalue weighted by Crippen LogP contribution is -2.48. The van der Waals surface area contributed by atoms with Crippen LogP contribution in [0.15, 0.2) is 75.4 Å². The molecule has 1 aliphatic heterocycles. The molecule has 0 aliphatic carbocycles. The number of para-hydroxylation sites is 2. The number of rotatable bonds is 2. The zero-order valence-corrected chi connectivity index (χ0v) is 13.1. The summed E-state index contributed by atoms with van der Waals surface area (Å²) < 4.78 is 3.18. The van der Waals surface area contributed by atoms with Gasteiger partial charge in [-0.15, -0.1) is 0 Å². The Kier molecular flexibility index (Phi) is 3.28. The number of hydrogen-bond donors (Lipinski definition) is 0. The Morgan fingerprint density at radius 2 is 1.29 bits per heavy atom. The van der Waals surface area contributed by atoms with E-state index in [1.165, 1.54) is 4.57 Å². The molecule has 3 aromatic rings. The average molecular weight is 334 g/mol. The molecule has 7 heteroatoms. The molecule has 0 bridgehead atoms. The van der Waals surface area contributed by atoms with Gasteiger partial charge in [0.2, 0.25) is 0 Å². The van der Waals surface area contributed by atoms with Crippen molar-refractivity contribution >= 4 is 18.2 Å². The van der Waals surface area contributed by atoms with E-state index in [1.54, 1.807) is 16.7 Å². The van der Waals surface area contributed by atoms with E-state index in [0.29, 0.717) is 11.4 Å². The number of urea groups is 1. The Morgan fingerprint density at radius 1 is 0.750 bits per heavy atom. The molecular weight excluding hydrogens is 324 g/mol. The van der Waals surface area contributed by atoms with E-state index < -0.39 is 11.6 Å². The first-order valence-corrected chi connectivity index (χ1v) is 7.58. The van der Waals surface area contributed by atoms with Crippen LogP contribution in [0.1, 0.15) is 0 Å². The second-order valence-corrected chi connectivity index (χ2v) is 5.47. The van der Waals surface area contributed by atoms with Gasteiger partial charge in [-0.1, -0.05) is 36.4 Å². The lowest BCUT2D eigenvalue weighted by molar-refractivity contribution is 0.256. The fraction of sp³-hybridized carbons (Fsp3) is 0. The zero-order valence-electron chi connectivity index (χ0n) is 12.3. The third-order valence-electron chi connectivity index (χ3n) is 3.65. The van der Waals surface area contributed by atoms with Crippen LogP contribution in [0.5, 0.6) is 0 Å². The summed E-state index contributed by atoms with van der Waals surface area (Å²) in [6.45, 7) is 0. The standard InChI is InChI=1S/C17H10N4O2S/c22-15-13-14(19-16(23)18-13)20(11-7-3-1-4-8-11)17(24)21(15)12-9-5-2-6-10-12/h1-10H. The second-order valence-electron chi connectivity index (χ2n) is 5.11. The molecule has 1 aromatic heterocycles. The van der Waals surface area contributed by atoms with Crippen molar-refractivity contribution in [2.24, 2.45) is 9.98 Å². The highest BCUT2D eigenvalue weighted by molar-refractivity contribution is 7.71. The Balaban J connectivity index is 2.22. The third kappa shape index (κ3) is 2.14. The van der Waals surface area contributed by atoms with E-state index in [1.807, 2.05) is 48.5 Å². The van der Waals surface area contributed by atoms with E-state index >= 15 is 0 Å². The smallest absolute Gasteiger partial charge is 0.269 e. The summed E-state index contributed by atoms with van der Waals surface area (Å²) in [6, 6.07) is 17.5. The number of fused-ring (bicyclic) bond motifs is 1. The maximum Gasteiger partial charge on any atom is 0.369 e. The van der Waals surface area contributed by atoms with E-state index in [-0.39, 0.29) is 15.6 Å². The van der Waals surface area contributed by atoms with Crippen molar-refractivity contribution in [3.8, 4) is 11.4 Å². The summed E-state index contributed by atoms with van der Waals surface area (Å²) in [5.41, 5.74) is 1.03. The van der Waals surface area contributed by atoms with Crippen LogP contribution in [0.4, 0.5) is 4.79 Å². The number of carbonyl (C=O) groups excluding carboxylic acids is 1. The largest absolute Gasteiger partial charge is 0.369 e. The summed E-state index contributed by atoms with van der Waals surface area (Å²) in [4.78, 5) is 32.1. The molecule has 0 spiro atoms. The molecule has 116 valence electrons. The zero-order chi connectivity index (χ0) is 16.7. The predicted molar refractivity (Wildman–Crippen MR) is 89.9 cm³/mol. The van der Waals surface area contributed by atoms with Gasteiger partial charge in [0.25, 0.3) is 5.56 Å². The van der Waals surface area contributed by atoms with Crippen LogP contribution < -0.4 is 16.4 Å². The molecule has 0 radical (unpaired) electrons. The lowest BCUT2D eigenvalue weighted by atomic mass is 10.3. The van der Waals surface area contributed by atoms with Crippen molar-refractivity contribution in [2.75, 3.05) is 0 Å². The Labute approximate surface area is 140 Å². The third-order valence-corrected chi connectivity index (χ3v) is 4.01. The van der Waals surface area contributed by atoms with E-state index in [2.05, 4.69) is 9.98 Å². The second kappa shape index (κ2) is 5.47. The van der Waals surface area contributed by atoms with Gasteiger partial charge in [-0.3, -0.25) is 13.9 Å². The van der Waals surface area contributed by atoms with E-state index in [0.717, 1.165) is 0 Å². The topological polar surface area (TPSA) is 68.7 Å².